The van der Waals surface area contributed by atoms with E-state index in [1.807, 2.05) is 32.6 Å². The van der Waals surface area contributed by atoms with E-state index < -0.39 is 0 Å². The SMILES string of the molecule is CNc1nc(OC(C)C)nc(N(CCC#N)C(C)C)n1. The maximum Gasteiger partial charge on any atom is 0.323 e. The van der Waals surface area contributed by atoms with Crippen LogP contribution < -0.4 is 15.0 Å². The number of ether oxygens (including phenoxy) is 1. The van der Waals surface area contributed by atoms with Gasteiger partial charge < -0.3 is 15.0 Å². The maximum absolute atomic E-state index is 8.75. The lowest BCUT2D eigenvalue weighted by molar-refractivity contribution is 0.222. The summed E-state index contributed by atoms with van der Waals surface area (Å²) in [6.45, 7) is 8.46. The number of rotatable bonds is 7. The van der Waals surface area contributed by atoms with Crippen molar-refractivity contribution in [3.05, 3.63) is 0 Å². The number of nitriles is 1. The van der Waals surface area contributed by atoms with E-state index in [1.54, 1.807) is 7.05 Å². The molecular weight excluding hydrogens is 256 g/mol. The molecule has 0 atom stereocenters. The number of aromatic nitrogens is 3. The molecule has 0 saturated heterocycles. The molecule has 7 nitrogen and oxygen atoms in total. The Kier molecular flexibility index (Phi) is 5.97. The summed E-state index contributed by atoms with van der Waals surface area (Å²) in [5.41, 5.74) is 0. The van der Waals surface area contributed by atoms with E-state index >= 15 is 0 Å². The van der Waals surface area contributed by atoms with Crippen molar-refractivity contribution in [3.8, 4) is 12.1 Å². The smallest absolute Gasteiger partial charge is 0.323 e. The van der Waals surface area contributed by atoms with Crippen LogP contribution in [0.2, 0.25) is 0 Å². The van der Waals surface area contributed by atoms with Crippen molar-refractivity contribution in [2.24, 2.45) is 0 Å². The van der Waals surface area contributed by atoms with Gasteiger partial charge in [-0.2, -0.15) is 20.2 Å². The zero-order valence-corrected chi connectivity index (χ0v) is 12.7. The van der Waals surface area contributed by atoms with E-state index in [4.69, 9.17) is 10.00 Å². The minimum absolute atomic E-state index is 0.0124. The van der Waals surface area contributed by atoms with Crippen molar-refractivity contribution in [2.75, 3.05) is 23.8 Å². The molecular formula is C13H22N6O. The number of nitrogens with one attached hydrogen (secondary N) is 1. The molecule has 1 heterocycles. The van der Waals surface area contributed by atoms with E-state index in [9.17, 15) is 0 Å². The summed E-state index contributed by atoms with van der Waals surface area (Å²) in [6, 6.07) is 2.61. The van der Waals surface area contributed by atoms with Crippen molar-refractivity contribution in [1.82, 2.24) is 15.0 Å². The zero-order chi connectivity index (χ0) is 15.1. The van der Waals surface area contributed by atoms with Gasteiger partial charge in [0.1, 0.15) is 0 Å². The van der Waals surface area contributed by atoms with Crippen molar-refractivity contribution in [2.45, 2.75) is 46.3 Å². The monoisotopic (exact) mass is 278 g/mol. The number of anilines is 2. The van der Waals surface area contributed by atoms with Crippen LogP contribution in [0.1, 0.15) is 34.1 Å². The van der Waals surface area contributed by atoms with Crippen LogP contribution in [0.15, 0.2) is 0 Å². The van der Waals surface area contributed by atoms with Crippen LogP contribution in [-0.4, -0.2) is 40.7 Å². The summed E-state index contributed by atoms with van der Waals surface area (Å²) in [5.74, 6) is 0.971. The molecule has 20 heavy (non-hydrogen) atoms. The Morgan fingerprint density at radius 1 is 1.25 bits per heavy atom. The Labute approximate surface area is 120 Å². The first-order chi connectivity index (χ1) is 9.47. The minimum Gasteiger partial charge on any atom is -0.461 e. The van der Waals surface area contributed by atoms with Crippen molar-refractivity contribution in [1.29, 1.82) is 5.26 Å². The van der Waals surface area contributed by atoms with Gasteiger partial charge in [-0.3, -0.25) is 0 Å². The molecule has 0 aliphatic heterocycles. The fourth-order valence-electron chi connectivity index (χ4n) is 1.61. The van der Waals surface area contributed by atoms with Crippen molar-refractivity contribution < 1.29 is 4.74 Å². The fourth-order valence-corrected chi connectivity index (χ4v) is 1.61. The Morgan fingerprint density at radius 2 is 1.95 bits per heavy atom. The van der Waals surface area contributed by atoms with Gasteiger partial charge in [0, 0.05) is 19.6 Å². The molecule has 0 saturated carbocycles. The molecule has 0 spiro atoms. The average molecular weight is 278 g/mol. The zero-order valence-electron chi connectivity index (χ0n) is 12.7. The van der Waals surface area contributed by atoms with Crippen LogP contribution in [0, 0.1) is 11.3 Å². The van der Waals surface area contributed by atoms with Gasteiger partial charge in [0.2, 0.25) is 11.9 Å². The van der Waals surface area contributed by atoms with Crippen LogP contribution >= 0.6 is 0 Å². The topological polar surface area (TPSA) is 87.0 Å². The predicted molar refractivity (Wildman–Crippen MR) is 77.8 cm³/mol. The highest BCUT2D eigenvalue weighted by Gasteiger charge is 2.17. The van der Waals surface area contributed by atoms with Crippen molar-refractivity contribution in [3.63, 3.8) is 0 Å². The summed E-state index contributed by atoms with van der Waals surface area (Å²) in [7, 11) is 1.74. The third-order valence-electron chi connectivity index (χ3n) is 2.51. The summed E-state index contributed by atoms with van der Waals surface area (Å²) >= 11 is 0. The predicted octanol–water partition coefficient (Wildman–Crippen LogP) is 1.83. The lowest BCUT2D eigenvalue weighted by Crippen LogP contribution is -2.33. The van der Waals surface area contributed by atoms with Crippen LogP contribution in [0.4, 0.5) is 11.9 Å². The van der Waals surface area contributed by atoms with E-state index in [1.165, 1.54) is 0 Å². The molecule has 0 aliphatic rings. The highest BCUT2D eigenvalue weighted by Crippen LogP contribution is 2.18. The molecule has 1 aromatic heterocycles. The summed E-state index contributed by atoms with van der Waals surface area (Å²) in [6.07, 6.45) is 0.403. The normalized spacial score (nSPS) is 10.5. The highest BCUT2D eigenvalue weighted by atomic mass is 16.5. The van der Waals surface area contributed by atoms with Gasteiger partial charge in [-0.15, -0.1) is 0 Å². The Hall–Kier alpha value is -2.10. The van der Waals surface area contributed by atoms with Crippen molar-refractivity contribution >= 4 is 11.9 Å². The summed E-state index contributed by atoms with van der Waals surface area (Å²) in [5, 5.41) is 11.6. The molecule has 0 bridgehead atoms. The Bertz CT molecular complexity index is 468. The van der Waals surface area contributed by atoms with Gasteiger partial charge >= 0.3 is 6.01 Å². The molecule has 1 rings (SSSR count). The molecule has 0 unspecified atom stereocenters. The van der Waals surface area contributed by atoms with Gasteiger partial charge in [0.05, 0.1) is 18.6 Å². The van der Waals surface area contributed by atoms with Crippen LogP contribution in [-0.2, 0) is 0 Å². The molecule has 7 heteroatoms. The second-order valence-corrected chi connectivity index (χ2v) is 4.85. The Balaban J connectivity index is 3.09. The second-order valence-electron chi connectivity index (χ2n) is 4.85. The molecule has 1 N–H and O–H groups in total. The highest BCUT2D eigenvalue weighted by molar-refractivity contribution is 5.39. The molecule has 0 aliphatic carbocycles. The standard InChI is InChI=1S/C13H22N6O/c1-9(2)19(8-6-7-14)12-16-11(15-5)17-13(18-12)20-10(3)4/h9-10H,6,8H2,1-5H3,(H,15,16,17,18). The quantitative estimate of drug-likeness (QED) is 0.814. The van der Waals surface area contributed by atoms with Gasteiger partial charge in [-0.05, 0) is 27.7 Å². The van der Waals surface area contributed by atoms with E-state index in [-0.39, 0.29) is 18.2 Å². The lowest BCUT2D eigenvalue weighted by Gasteiger charge is -2.26. The van der Waals surface area contributed by atoms with E-state index in [0.717, 1.165) is 0 Å². The number of hydrogen-bond acceptors (Lipinski definition) is 7. The van der Waals surface area contributed by atoms with Crippen LogP contribution in [0.25, 0.3) is 0 Å². The third-order valence-corrected chi connectivity index (χ3v) is 2.51. The number of nitrogens with zero attached hydrogens (tertiary/aromatic N) is 5. The first-order valence-corrected chi connectivity index (χ1v) is 6.72. The van der Waals surface area contributed by atoms with E-state index in [0.29, 0.717) is 24.9 Å². The van der Waals surface area contributed by atoms with Gasteiger partial charge in [0.15, 0.2) is 0 Å². The molecule has 0 aromatic carbocycles. The molecule has 0 fully saturated rings. The summed E-state index contributed by atoms with van der Waals surface area (Å²) in [4.78, 5) is 14.8. The first-order valence-electron chi connectivity index (χ1n) is 6.72. The van der Waals surface area contributed by atoms with Crippen LogP contribution in [0.5, 0.6) is 6.01 Å². The fraction of sp³-hybridized carbons (Fsp3) is 0.692. The Morgan fingerprint density at radius 3 is 2.45 bits per heavy atom. The lowest BCUT2D eigenvalue weighted by atomic mass is 10.3. The third kappa shape index (κ3) is 4.53. The minimum atomic E-state index is -0.0124. The summed E-state index contributed by atoms with van der Waals surface area (Å²) < 4.78 is 5.54. The first kappa shape index (κ1) is 16.0. The van der Waals surface area contributed by atoms with Gasteiger partial charge in [-0.25, -0.2) is 0 Å². The molecule has 110 valence electrons. The number of hydrogen-bond donors (Lipinski definition) is 1. The molecule has 1 aromatic rings. The molecule has 0 radical (unpaired) electrons. The maximum atomic E-state index is 8.75. The van der Waals surface area contributed by atoms with Gasteiger partial charge in [-0.1, -0.05) is 0 Å². The van der Waals surface area contributed by atoms with Crippen LogP contribution in [0.3, 0.4) is 0 Å². The second kappa shape index (κ2) is 7.48. The van der Waals surface area contributed by atoms with Gasteiger partial charge in [0.25, 0.3) is 0 Å². The van der Waals surface area contributed by atoms with E-state index in [2.05, 4.69) is 26.3 Å². The largest absolute Gasteiger partial charge is 0.461 e. The average Bonchev–Trinajstić information content (AvgIpc) is 2.37. The molecule has 0 amide bonds.